The summed E-state index contributed by atoms with van der Waals surface area (Å²) >= 11 is 0. The zero-order valence-corrected chi connectivity index (χ0v) is 14.9. The van der Waals surface area contributed by atoms with Crippen molar-refractivity contribution in [3.63, 3.8) is 0 Å². The largest absolute Gasteiger partial charge is 0.483 e. The van der Waals surface area contributed by atoms with E-state index in [1.54, 1.807) is 18.2 Å². The molecular formula is C19H21N3O4. The Balaban J connectivity index is 1.96. The van der Waals surface area contributed by atoms with E-state index < -0.39 is 10.8 Å². The number of carbonyl (C=O) groups is 1. The smallest absolute Gasteiger partial charge is 0.278 e. The third-order valence-corrected chi connectivity index (χ3v) is 3.58. The minimum absolute atomic E-state index is 0.0825. The van der Waals surface area contributed by atoms with Crippen LogP contribution in [-0.4, -0.2) is 23.7 Å². The third kappa shape index (κ3) is 5.14. The molecule has 2 aromatic carbocycles. The van der Waals surface area contributed by atoms with Crippen LogP contribution in [0.25, 0.3) is 0 Å². The second kappa shape index (κ2) is 8.24. The summed E-state index contributed by atoms with van der Waals surface area (Å²) in [5.41, 5.74) is 3.41. The summed E-state index contributed by atoms with van der Waals surface area (Å²) in [6.45, 7) is 5.98. The summed E-state index contributed by atoms with van der Waals surface area (Å²) in [4.78, 5) is 22.3. The summed E-state index contributed by atoms with van der Waals surface area (Å²) in [6, 6.07) is 13.7. The van der Waals surface area contributed by atoms with Gasteiger partial charge in [0.1, 0.15) is 5.75 Å². The van der Waals surface area contributed by atoms with E-state index in [1.165, 1.54) is 12.3 Å². The van der Waals surface area contributed by atoms with Crippen molar-refractivity contribution in [2.24, 2.45) is 5.10 Å². The van der Waals surface area contributed by atoms with Crippen LogP contribution in [0.4, 0.5) is 5.69 Å². The van der Waals surface area contributed by atoms with Gasteiger partial charge in [-0.15, -0.1) is 0 Å². The van der Waals surface area contributed by atoms with Gasteiger partial charge in [-0.3, -0.25) is 14.9 Å². The number of rotatable bonds is 6. The zero-order valence-electron chi connectivity index (χ0n) is 14.9. The third-order valence-electron chi connectivity index (χ3n) is 3.58. The lowest BCUT2D eigenvalue weighted by Gasteiger charge is -2.22. The highest BCUT2D eigenvalue weighted by Gasteiger charge is 2.18. The van der Waals surface area contributed by atoms with Crippen molar-refractivity contribution >= 4 is 17.8 Å². The second-order valence-electron chi connectivity index (χ2n) is 6.64. The van der Waals surface area contributed by atoms with Crippen LogP contribution in [0.5, 0.6) is 5.75 Å². The summed E-state index contributed by atoms with van der Waals surface area (Å²) in [5.74, 6) is 0.182. The predicted octanol–water partition coefficient (Wildman–Crippen LogP) is 3.42. The van der Waals surface area contributed by atoms with Crippen LogP contribution in [0.3, 0.4) is 0 Å². The number of ether oxygens (including phenoxy) is 1. The molecule has 0 aliphatic rings. The van der Waals surface area contributed by atoms with E-state index in [0.29, 0.717) is 11.3 Å². The number of carbonyl (C=O) groups excluding carboxylic acids is 1. The Morgan fingerprint density at radius 2 is 1.85 bits per heavy atom. The van der Waals surface area contributed by atoms with Crippen LogP contribution in [0.2, 0.25) is 0 Å². The maximum atomic E-state index is 11.9. The Kier molecular flexibility index (Phi) is 6.06. The van der Waals surface area contributed by atoms with Crippen molar-refractivity contribution in [3.05, 3.63) is 69.8 Å². The van der Waals surface area contributed by atoms with Crippen LogP contribution in [0.1, 0.15) is 31.9 Å². The molecule has 0 radical (unpaired) electrons. The SMILES string of the molecule is CC(C)(C)c1ccccc1OCC(=O)N/N=C/c1ccccc1[N+](=O)[O-]. The minimum atomic E-state index is -0.504. The summed E-state index contributed by atoms with van der Waals surface area (Å²) in [7, 11) is 0. The lowest BCUT2D eigenvalue weighted by Crippen LogP contribution is -2.25. The number of hydrogen-bond acceptors (Lipinski definition) is 5. The van der Waals surface area contributed by atoms with Gasteiger partial charge in [-0.05, 0) is 23.1 Å². The van der Waals surface area contributed by atoms with E-state index in [-0.39, 0.29) is 17.7 Å². The van der Waals surface area contributed by atoms with E-state index in [2.05, 4.69) is 31.3 Å². The quantitative estimate of drug-likeness (QED) is 0.488. The van der Waals surface area contributed by atoms with Gasteiger partial charge in [0.05, 0.1) is 16.7 Å². The Labute approximate surface area is 151 Å². The molecule has 0 heterocycles. The number of nitro groups is 1. The fourth-order valence-corrected chi connectivity index (χ4v) is 2.32. The Morgan fingerprint density at radius 1 is 1.19 bits per heavy atom. The molecule has 0 spiro atoms. The van der Waals surface area contributed by atoms with Crippen molar-refractivity contribution in [2.75, 3.05) is 6.61 Å². The lowest BCUT2D eigenvalue weighted by atomic mass is 9.86. The Bertz CT molecular complexity index is 826. The van der Waals surface area contributed by atoms with E-state index in [0.717, 1.165) is 5.56 Å². The van der Waals surface area contributed by atoms with Crippen molar-refractivity contribution in [3.8, 4) is 5.75 Å². The van der Waals surface area contributed by atoms with E-state index in [4.69, 9.17) is 4.74 Å². The monoisotopic (exact) mass is 355 g/mol. The van der Waals surface area contributed by atoms with Crippen molar-refractivity contribution in [1.29, 1.82) is 0 Å². The molecule has 2 aromatic rings. The molecular weight excluding hydrogens is 334 g/mol. The molecule has 7 nitrogen and oxygen atoms in total. The van der Waals surface area contributed by atoms with Gasteiger partial charge in [-0.25, -0.2) is 5.43 Å². The minimum Gasteiger partial charge on any atom is -0.483 e. The number of hydrazone groups is 1. The standard InChI is InChI=1S/C19H21N3O4/c1-19(2,3)15-9-5-7-11-17(15)26-13-18(23)21-20-12-14-8-4-6-10-16(14)22(24)25/h4-12H,13H2,1-3H3,(H,21,23)/b20-12+. The molecule has 2 rings (SSSR count). The molecule has 0 aliphatic carbocycles. The second-order valence-corrected chi connectivity index (χ2v) is 6.64. The number of hydrogen-bond donors (Lipinski definition) is 1. The van der Waals surface area contributed by atoms with Gasteiger partial charge in [0.2, 0.25) is 0 Å². The number of benzene rings is 2. The van der Waals surface area contributed by atoms with Gasteiger partial charge in [-0.2, -0.15) is 5.10 Å². The van der Waals surface area contributed by atoms with Gasteiger partial charge in [0.15, 0.2) is 6.61 Å². The molecule has 0 bridgehead atoms. The molecule has 0 aliphatic heterocycles. The fraction of sp³-hybridized carbons (Fsp3) is 0.263. The summed E-state index contributed by atoms with van der Waals surface area (Å²) < 4.78 is 5.60. The normalized spacial score (nSPS) is 11.3. The van der Waals surface area contributed by atoms with Gasteiger partial charge in [0, 0.05) is 6.07 Å². The molecule has 1 N–H and O–H groups in total. The first-order valence-corrected chi connectivity index (χ1v) is 8.06. The molecule has 0 saturated heterocycles. The van der Waals surface area contributed by atoms with Gasteiger partial charge in [-0.1, -0.05) is 51.1 Å². The molecule has 0 atom stereocenters. The number of nitrogens with zero attached hydrogens (tertiary/aromatic N) is 2. The molecule has 136 valence electrons. The van der Waals surface area contributed by atoms with Crippen molar-refractivity contribution < 1.29 is 14.5 Å². The molecule has 7 heteroatoms. The van der Waals surface area contributed by atoms with Crippen LogP contribution in [0, 0.1) is 10.1 Å². The van der Waals surface area contributed by atoms with Crippen molar-refractivity contribution in [2.45, 2.75) is 26.2 Å². The highest BCUT2D eigenvalue weighted by molar-refractivity contribution is 5.86. The van der Waals surface area contributed by atoms with Gasteiger partial charge >= 0.3 is 0 Å². The Morgan fingerprint density at radius 3 is 2.54 bits per heavy atom. The number of para-hydroxylation sites is 2. The summed E-state index contributed by atoms with van der Waals surface area (Å²) in [6.07, 6.45) is 1.24. The van der Waals surface area contributed by atoms with Gasteiger partial charge in [0.25, 0.3) is 11.6 Å². The van der Waals surface area contributed by atoms with Crippen LogP contribution >= 0.6 is 0 Å². The number of amides is 1. The number of nitro benzene ring substituents is 1. The summed E-state index contributed by atoms with van der Waals surface area (Å²) in [5, 5.41) is 14.7. The molecule has 0 unspecified atom stereocenters. The molecule has 0 saturated carbocycles. The van der Waals surface area contributed by atoms with Crippen LogP contribution < -0.4 is 10.2 Å². The first kappa shape index (κ1) is 19.1. The van der Waals surface area contributed by atoms with E-state index in [1.807, 2.05) is 24.3 Å². The highest BCUT2D eigenvalue weighted by Crippen LogP contribution is 2.30. The number of nitrogens with one attached hydrogen (secondary N) is 1. The predicted molar refractivity (Wildman–Crippen MR) is 99.5 cm³/mol. The average molecular weight is 355 g/mol. The first-order valence-electron chi connectivity index (χ1n) is 8.06. The van der Waals surface area contributed by atoms with Gasteiger partial charge < -0.3 is 4.74 Å². The molecule has 0 aromatic heterocycles. The maximum Gasteiger partial charge on any atom is 0.278 e. The average Bonchev–Trinajstić information content (AvgIpc) is 2.59. The zero-order chi connectivity index (χ0) is 19.2. The molecule has 0 fully saturated rings. The first-order chi connectivity index (χ1) is 12.3. The topological polar surface area (TPSA) is 93.8 Å². The molecule has 1 amide bonds. The molecule has 26 heavy (non-hydrogen) atoms. The maximum absolute atomic E-state index is 11.9. The van der Waals surface area contributed by atoms with Crippen LogP contribution in [-0.2, 0) is 10.2 Å². The highest BCUT2D eigenvalue weighted by atomic mass is 16.6. The lowest BCUT2D eigenvalue weighted by molar-refractivity contribution is -0.385. The van der Waals surface area contributed by atoms with E-state index in [9.17, 15) is 14.9 Å². The van der Waals surface area contributed by atoms with Crippen LogP contribution in [0.15, 0.2) is 53.6 Å². The van der Waals surface area contributed by atoms with Crippen molar-refractivity contribution in [1.82, 2.24) is 5.43 Å². The fourth-order valence-electron chi connectivity index (χ4n) is 2.32. The van der Waals surface area contributed by atoms with E-state index >= 15 is 0 Å². The Hall–Kier alpha value is -3.22.